The highest BCUT2D eigenvalue weighted by Crippen LogP contribution is 2.23. The normalized spacial score (nSPS) is 19.7. The van der Waals surface area contributed by atoms with Crippen LogP contribution in [-0.4, -0.2) is 87.5 Å². The summed E-state index contributed by atoms with van der Waals surface area (Å²) in [6.45, 7) is 3.69. The Morgan fingerprint density at radius 2 is 0.873 bits per heavy atom. The molecule has 0 aliphatic carbocycles. The molecule has 1 aliphatic heterocycles. The molecule has 1 fully saturated rings. The smallest absolute Gasteiger partial charge is 0.220 e. The van der Waals surface area contributed by atoms with Crippen LogP contribution in [0, 0.1) is 0 Å². The highest BCUT2D eigenvalue weighted by molar-refractivity contribution is 5.76. The second kappa shape index (κ2) is 51.4. The Balaban J connectivity index is 2.18. The van der Waals surface area contributed by atoms with Gasteiger partial charge in [0.15, 0.2) is 6.29 Å². The van der Waals surface area contributed by atoms with Gasteiger partial charge in [0, 0.05) is 6.42 Å². The standard InChI is InChI=1S/C62H113NO8/c1-3-5-7-9-11-13-15-17-19-21-23-24-25-26-27-28-29-30-31-32-34-36-38-40-42-44-46-48-50-52-58(66)63-55(54-70-62-61(69)60(68)59(67)57(53-64)71-62)56(65)51-49-47-45-43-41-39-37-35-33-22-20-18-16-14-12-10-8-6-4-2/h5,7,11,13,17,19,23-24,49,51,55-57,59-62,64-65,67-69H,3-4,6,8-10,12,14-16,18,20-22,25-48,50,52-54H2,1-2H3,(H,63,66)/b7-5-,13-11-,19-17-,24-23-,51-49+. The van der Waals surface area contributed by atoms with Crippen molar-refractivity contribution < 1.29 is 39.8 Å². The fraction of sp³-hybridized carbons (Fsp3) is 0.823. The number of nitrogens with one attached hydrogen (secondary N) is 1. The van der Waals surface area contributed by atoms with Gasteiger partial charge in [0.2, 0.25) is 5.91 Å². The van der Waals surface area contributed by atoms with Crippen molar-refractivity contribution in [3.05, 3.63) is 60.8 Å². The number of aliphatic hydroxyl groups is 5. The van der Waals surface area contributed by atoms with E-state index in [4.69, 9.17) is 9.47 Å². The second-order valence-electron chi connectivity index (χ2n) is 20.8. The van der Waals surface area contributed by atoms with Crippen LogP contribution in [-0.2, 0) is 14.3 Å². The summed E-state index contributed by atoms with van der Waals surface area (Å²) in [4.78, 5) is 13.1. The highest BCUT2D eigenvalue weighted by Gasteiger charge is 2.44. The molecule has 9 heteroatoms. The molecular weight excluding hydrogens is 887 g/mol. The Morgan fingerprint density at radius 1 is 0.493 bits per heavy atom. The van der Waals surface area contributed by atoms with Crippen LogP contribution in [0.15, 0.2) is 60.8 Å². The minimum atomic E-state index is -1.57. The number of aliphatic hydroxyl groups excluding tert-OH is 5. The van der Waals surface area contributed by atoms with Gasteiger partial charge in [-0.25, -0.2) is 0 Å². The molecular formula is C62H113NO8. The summed E-state index contributed by atoms with van der Waals surface area (Å²) >= 11 is 0. The van der Waals surface area contributed by atoms with E-state index in [2.05, 4.69) is 67.8 Å². The third-order valence-electron chi connectivity index (χ3n) is 14.1. The van der Waals surface area contributed by atoms with E-state index >= 15 is 0 Å². The maximum atomic E-state index is 13.1. The molecule has 0 aromatic heterocycles. The van der Waals surface area contributed by atoms with Crippen LogP contribution in [0.3, 0.4) is 0 Å². The number of hydrogen-bond donors (Lipinski definition) is 6. The summed E-state index contributed by atoms with van der Waals surface area (Å²) < 4.78 is 11.3. The molecule has 6 N–H and O–H groups in total. The average molecular weight is 1000 g/mol. The van der Waals surface area contributed by atoms with Gasteiger partial charge in [-0.15, -0.1) is 0 Å². The Kier molecular flexibility index (Phi) is 48.4. The molecule has 7 unspecified atom stereocenters. The van der Waals surface area contributed by atoms with Crippen molar-refractivity contribution >= 4 is 5.91 Å². The van der Waals surface area contributed by atoms with E-state index in [0.29, 0.717) is 6.42 Å². The first kappa shape index (κ1) is 66.9. The quantitative estimate of drug-likeness (QED) is 0.0261. The van der Waals surface area contributed by atoms with E-state index in [1.165, 1.54) is 186 Å². The van der Waals surface area contributed by atoms with Gasteiger partial charge in [-0.2, -0.15) is 0 Å². The van der Waals surface area contributed by atoms with Gasteiger partial charge in [0.05, 0.1) is 25.4 Å². The van der Waals surface area contributed by atoms with E-state index < -0.39 is 49.5 Å². The fourth-order valence-corrected chi connectivity index (χ4v) is 9.39. The summed E-state index contributed by atoms with van der Waals surface area (Å²) in [5.74, 6) is -0.175. The lowest BCUT2D eigenvalue weighted by Crippen LogP contribution is -2.60. The van der Waals surface area contributed by atoms with Gasteiger partial charge in [-0.1, -0.05) is 267 Å². The zero-order valence-corrected chi connectivity index (χ0v) is 46.0. The van der Waals surface area contributed by atoms with Crippen molar-refractivity contribution in [1.82, 2.24) is 5.32 Å². The molecule has 71 heavy (non-hydrogen) atoms. The van der Waals surface area contributed by atoms with E-state index in [1.54, 1.807) is 6.08 Å². The average Bonchev–Trinajstić information content (AvgIpc) is 3.37. The minimum Gasteiger partial charge on any atom is -0.394 e. The molecule has 0 aromatic carbocycles. The summed E-state index contributed by atoms with van der Waals surface area (Å²) in [6, 6.07) is -0.806. The van der Waals surface area contributed by atoms with Crippen molar-refractivity contribution in [3.8, 4) is 0 Å². The number of rotatable bonds is 51. The Hall–Kier alpha value is -2.11. The molecule has 0 aromatic rings. The second-order valence-corrected chi connectivity index (χ2v) is 20.8. The molecule has 1 saturated heterocycles. The number of hydrogen-bond acceptors (Lipinski definition) is 8. The van der Waals surface area contributed by atoms with Crippen molar-refractivity contribution in [2.24, 2.45) is 0 Å². The maximum Gasteiger partial charge on any atom is 0.220 e. The van der Waals surface area contributed by atoms with Crippen molar-refractivity contribution in [2.75, 3.05) is 13.2 Å². The lowest BCUT2D eigenvalue weighted by atomic mass is 9.99. The third-order valence-corrected chi connectivity index (χ3v) is 14.1. The van der Waals surface area contributed by atoms with Gasteiger partial charge in [0.25, 0.3) is 0 Å². The molecule has 1 amide bonds. The minimum absolute atomic E-state index is 0.175. The summed E-state index contributed by atoms with van der Waals surface area (Å²) in [5, 5.41) is 54.6. The van der Waals surface area contributed by atoms with Gasteiger partial charge in [-0.05, 0) is 57.8 Å². The van der Waals surface area contributed by atoms with Crippen LogP contribution in [0.5, 0.6) is 0 Å². The lowest BCUT2D eigenvalue weighted by molar-refractivity contribution is -0.302. The highest BCUT2D eigenvalue weighted by atomic mass is 16.7. The molecule has 414 valence electrons. The SMILES string of the molecule is CC/C=C\C/C=C\C/C=C\C/C=C\CCCCCCCCCCCCCCCCCCC(=O)NC(COC1OC(CO)C(O)C(O)C1O)C(O)/C=C/CCCCCCCCCCCCCCCCCCC. The van der Waals surface area contributed by atoms with Crippen LogP contribution in [0.4, 0.5) is 0 Å². The summed E-state index contributed by atoms with van der Waals surface area (Å²) in [5.41, 5.74) is 0. The summed E-state index contributed by atoms with van der Waals surface area (Å²) in [6.07, 6.45) is 62.9. The number of carbonyl (C=O) groups excluding carboxylic acids is 1. The maximum absolute atomic E-state index is 13.1. The molecule has 9 nitrogen and oxygen atoms in total. The van der Waals surface area contributed by atoms with Crippen molar-refractivity contribution in [3.63, 3.8) is 0 Å². The van der Waals surface area contributed by atoms with Crippen molar-refractivity contribution in [2.45, 2.75) is 314 Å². The molecule has 1 rings (SSSR count). The topological polar surface area (TPSA) is 149 Å². The monoisotopic (exact) mass is 1000 g/mol. The van der Waals surface area contributed by atoms with Crippen molar-refractivity contribution in [1.29, 1.82) is 0 Å². The van der Waals surface area contributed by atoms with Gasteiger partial charge in [0.1, 0.15) is 24.4 Å². The first-order chi connectivity index (χ1) is 34.8. The van der Waals surface area contributed by atoms with E-state index in [9.17, 15) is 30.3 Å². The molecule has 1 heterocycles. The zero-order chi connectivity index (χ0) is 51.5. The third kappa shape index (κ3) is 40.9. The largest absolute Gasteiger partial charge is 0.394 e. The van der Waals surface area contributed by atoms with Crippen LogP contribution in [0.1, 0.15) is 271 Å². The van der Waals surface area contributed by atoms with Gasteiger partial charge < -0.3 is 40.3 Å². The van der Waals surface area contributed by atoms with Crippen LogP contribution in [0.2, 0.25) is 0 Å². The first-order valence-electron chi connectivity index (χ1n) is 30.0. The first-order valence-corrected chi connectivity index (χ1v) is 30.0. The molecule has 0 bridgehead atoms. The number of ether oxygens (including phenoxy) is 2. The fourth-order valence-electron chi connectivity index (χ4n) is 9.39. The van der Waals surface area contributed by atoms with Crippen LogP contribution in [0.25, 0.3) is 0 Å². The number of amides is 1. The predicted molar refractivity (Wildman–Crippen MR) is 299 cm³/mol. The van der Waals surface area contributed by atoms with E-state index in [1.807, 2.05) is 6.08 Å². The van der Waals surface area contributed by atoms with E-state index in [0.717, 1.165) is 64.2 Å². The molecule has 0 spiro atoms. The van der Waals surface area contributed by atoms with E-state index in [-0.39, 0.29) is 12.5 Å². The van der Waals surface area contributed by atoms with Crippen LogP contribution < -0.4 is 5.32 Å². The molecule has 1 aliphatic rings. The lowest BCUT2D eigenvalue weighted by Gasteiger charge is -2.40. The van der Waals surface area contributed by atoms with Gasteiger partial charge in [-0.3, -0.25) is 4.79 Å². The van der Waals surface area contributed by atoms with Crippen LogP contribution >= 0.6 is 0 Å². The Labute approximate surface area is 436 Å². The van der Waals surface area contributed by atoms with Gasteiger partial charge >= 0.3 is 0 Å². The molecule has 7 atom stereocenters. The predicted octanol–water partition coefficient (Wildman–Crippen LogP) is 15.1. The Morgan fingerprint density at radius 3 is 1.30 bits per heavy atom. The Bertz CT molecular complexity index is 1300. The molecule has 0 saturated carbocycles. The number of unbranched alkanes of at least 4 members (excludes halogenated alkanes) is 33. The number of allylic oxidation sites excluding steroid dienone is 9. The molecule has 0 radical (unpaired) electrons. The number of carbonyl (C=O) groups is 1. The summed E-state index contributed by atoms with van der Waals surface area (Å²) in [7, 11) is 0. The zero-order valence-electron chi connectivity index (χ0n) is 46.0.